The van der Waals surface area contributed by atoms with Crippen molar-refractivity contribution in [3.8, 4) is 6.07 Å². The summed E-state index contributed by atoms with van der Waals surface area (Å²) < 4.78 is 0. The lowest BCUT2D eigenvalue weighted by molar-refractivity contribution is -0.135. The quantitative estimate of drug-likeness (QED) is 0.894. The smallest absolute Gasteiger partial charge is 0.240 e. The lowest BCUT2D eigenvalue weighted by atomic mass is 9.93. The van der Waals surface area contributed by atoms with Gasteiger partial charge in [-0.25, -0.2) is 0 Å². The van der Waals surface area contributed by atoms with Crippen LogP contribution in [0, 0.1) is 17.2 Å². The van der Waals surface area contributed by atoms with Crippen molar-refractivity contribution in [2.45, 2.75) is 38.8 Å². The van der Waals surface area contributed by atoms with Crippen LogP contribution in [0.15, 0.2) is 24.5 Å². The maximum absolute atomic E-state index is 12.7. The molecular formula is C16H22N4O. The molecule has 0 bridgehead atoms. The number of nitrogens with one attached hydrogen (secondary N) is 1. The number of pyridine rings is 1. The number of amides is 1. The van der Waals surface area contributed by atoms with E-state index >= 15 is 0 Å². The number of nitriles is 1. The molecule has 1 N–H and O–H groups in total. The number of piperidine rings is 1. The van der Waals surface area contributed by atoms with Gasteiger partial charge >= 0.3 is 0 Å². The standard InChI is InChI=1S/C16H22N4O/c1-13-5-8-19-15(10-13)16(21)20(9-3-6-17)12-14-4-2-7-18-11-14/h2,4,7,11,13,15,19H,3,5,8-10,12H2,1H3. The van der Waals surface area contributed by atoms with Crippen LogP contribution in [0.2, 0.25) is 0 Å². The first-order chi connectivity index (χ1) is 10.2. The fourth-order valence-electron chi connectivity index (χ4n) is 2.68. The molecule has 0 aliphatic carbocycles. The van der Waals surface area contributed by atoms with Gasteiger partial charge in [0, 0.05) is 25.5 Å². The lowest BCUT2D eigenvalue weighted by Gasteiger charge is -2.32. The molecule has 5 heteroatoms. The van der Waals surface area contributed by atoms with E-state index in [0.29, 0.717) is 25.4 Å². The largest absolute Gasteiger partial charge is 0.336 e. The molecule has 2 rings (SSSR count). The molecule has 0 saturated carbocycles. The van der Waals surface area contributed by atoms with Crippen molar-refractivity contribution in [3.63, 3.8) is 0 Å². The van der Waals surface area contributed by atoms with Gasteiger partial charge in [0.2, 0.25) is 5.91 Å². The number of hydrogen-bond donors (Lipinski definition) is 1. The van der Waals surface area contributed by atoms with E-state index in [0.717, 1.165) is 24.9 Å². The van der Waals surface area contributed by atoms with Crippen molar-refractivity contribution in [3.05, 3.63) is 30.1 Å². The Hall–Kier alpha value is -1.93. The van der Waals surface area contributed by atoms with Crippen LogP contribution in [0.1, 0.15) is 31.7 Å². The third kappa shape index (κ3) is 4.54. The highest BCUT2D eigenvalue weighted by molar-refractivity contribution is 5.82. The predicted molar refractivity (Wildman–Crippen MR) is 80.1 cm³/mol. The molecule has 1 saturated heterocycles. The average Bonchev–Trinajstić information content (AvgIpc) is 2.51. The molecule has 1 aromatic rings. The topological polar surface area (TPSA) is 69.0 Å². The van der Waals surface area contributed by atoms with Crippen LogP contribution < -0.4 is 5.32 Å². The maximum atomic E-state index is 12.7. The summed E-state index contributed by atoms with van der Waals surface area (Å²) in [6, 6.07) is 5.82. The summed E-state index contributed by atoms with van der Waals surface area (Å²) in [6.07, 6.45) is 5.83. The van der Waals surface area contributed by atoms with E-state index in [1.165, 1.54) is 0 Å². The number of nitrogens with zero attached hydrogens (tertiary/aromatic N) is 3. The van der Waals surface area contributed by atoms with Gasteiger partial charge in [-0.1, -0.05) is 13.0 Å². The Bertz CT molecular complexity index is 497. The first-order valence-corrected chi connectivity index (χ1v) is 7.48. The van der Waals surface area contributed by atoms with Gasteiger partial charge in [0.15, 0.2) is 0 Å². The molecule has 1 aromatic heterocycles. The Morgan fingerprint density at radius 3 is 3.14 bits per heavy atom. The summed E-state index contributed by atoms with van der Waals surface area (Å²) in [4.78, 5) is 18.5. The lowest BCUT2D eigenvalue weighted by Crippen LogP contribution is -2.50. The van der Waals surface area contributed by atoms with Crippen LogP contribution in [-0.4, -0.2) is 34.9 Å². The minimum absolute atomic E-state index is 0.0978. The second-order valence-electron chi connectivity index (χ2n) is 5.67. The van der Waals surface area contributed by atoms with E-state index in [-0.39, 0.29) is 11.9 Å². The highest BCUT2D eigenvalue weighted by Crippen LogP contribution is 2.17. The zero-order chi connectivity index (χ0) is 15.1. The molecule has 2 unspecified atom stereocenters. The van der Waals surface area contributed by atoms with Crippen LogP contribution in [0.3, 0.4) is 0 Å². The number of carbonyl (C=O) groups excluding carboxylic acids is 1. The Morgan fingerprint density at radius 1 is 1.62 bits per heavy atom. The fraction of sp³-hybridized carbons (Fsp3) is 0.562. The van der Waals surface area contributed by atoms with Crippen LogP contribution >= 0.6 is 0 Å². The van der Waals surface area contributed by atoms with Crippen LogP contribution in [0.25, 0.3) is 0 Å². The normalized spacial score (nSPS) is 21.5. The van der Waals surface area contributed by atoms with Crippen molar-refractivity contribution >= 4 is 5.91 Å². The number of hydrogen-bond acceptors (Lipinski definition) is 4. The van der Waals surface area contributed by atoms with E-state index in [2.05, 4.69) is 23.3 Å². The van der Waals surface area contributed by atoms with Gasteiger partial charge in [-0.05, 0) is 36.9 Å². The summed E-state index contributed by atoms with van der Waals surface area (Å²) in [5.41, 5.74) is 0.993. The summed E-state index contributed by atoms with van der Waals surface area (Å²) in [6.45, 7) is 4.05. The third-order valence-corrected chi connectivity index (χ3v) is 3.87. The highest BCUT2D eigenvalue weighted by Gasteiger charge is 2.28. The maximum Gasteiger partial charge on any atom is 0.240 e. The second kappa shape index (κ2) is 7.75. The molecule has 21 heavy (non-hydrogen) atoms. The summed E-state index contributed by atoms with van der Waals surface area (Å²) in [5.74, 6) is 0.664. The Balaban J connectivity index is 2.04. The average molecular weight is 286 g/mol. The van der Waals surface area contributed by atoms with Gasteiger partial charge in [0.1, 0.15) is 0 Å². The molecule has 0 radical (unpaired) electrons. The molecule has 112 valence electrons. The van der Waals surface area contributed by atoms with Crippen molar-refractivity contribution in [2.75, 3.05) is 13.1 Å². The zero-order valence-corrected chi connectivity index (χ0v) is 12.5. The number of aromatic nitrogens is 1. The molecule has 1 aliphatic rings. The molecule has 0 aromatic carbocycles. The van der Waals surface area contributed by atoms with Gasteiger partial charge in [0.25, 0.3) is 0 Å². The molecule has 1 aliphatic heterocycles. The van der Waals surface area contributed by atoms with E-state index in [9.17, 15) is 4.79 Å². The second-order valence-corrected chi connectivity index (χ2v) is 5.67. The van der Waals surface area contributed by atoms with Gasteiger partial charge in [-0.3, -0.25) is 9.78 Å². The van der Waals surface area contributed by atoms with Crippen molar-refractivity contribution in [1.82, 2.24) is 15.2 Å². The number of rotatable bonds is 5. The van der Waals surface area contributed by atoms with Gasteiger partial charge in [-0.15, -0.1) is 0 Å². The molecule has 0 spiro atoms. The van der Waals surface area contributed by atoms with E-state index in [1.807, 2.05) is 12.1 Å². The Morgan fingerprint density at radius 2 is 2.48 bits per heavy atom. The van der Waals surface area contributed by atoms with Crippen LogP contribution in [-0.2, 0) is 11.3 Å². The SMILES string of the molecule is CC1CCNC(C(=O)N(CCC#N)Cc2cccnc2)C1. The van der Waals surface area contributed by atoms with Crippen molar-refractivity contribution in [1.29, 1.82) is 5.26 Å². The number of carbonyl (C=O) groups is 1. The first-order valence-electron chi connectivity index (χ1n) is 7.48. The van der Waals surface area contributed by atoms with Crippen LogP contribution in [0.5, 0.6) is 0 Å². The van der Waals surface area contributed by atoms with E-state index < -0.39 is 0 Å². The molecule has 1 amide bonds. The fourth-order valence-corrected chi connectivity index (χ4v) is 2.68. The molecule has 1 fully saturated rings. The predicted octanol–water partition coefficient (Wildman–Crippen LogP) is 1.71. The molecule has 2 atom stereocenters. The zero-order valence-electron chi connectivity index (χ0n) is 12.5. The highest BCUT2D eigenvalue weighted by atomic mass is 16.2. The first kappa shape index (κ1) is 15.5. The minimum atomic E-state index is -0.121. The Kier molecular flexibility index (Phi) is 5.70. The molecule has 5 nitrogen and oxygen atoms in total. The minimum Gasteiger partial charge on any atom is -0.336 e. The van der Waals surface area contributed by atoms with E-state index in [1.54, 1.807) is 17.3 Å². The molecular weight excluding hydrogens is 264 g/mol. The van der Waals surface area contributed by atoms with Gasteiger partial charge in [0.05, 0.1) is 18.5 Å². The van der Waals surface area contributed by atoms with Gasteiger partial charge < -0.3 is 10.2 Å². The Labute approximate surface area is 126 Å². The summed E-state index contributed by atoms with van der Waals surface area (Å²) in [7, 11) is 0. The van der Waals surface area contributed by atoms with Crippen molar-refractivity contribution in [2.24, 2.45) is 5.92 Å². The monoisotopic (exact) mass is 286 g/mol. The van der Waals surface area contributed by atoms with Crippen LogP contribution in [0.4, 0.5) is 0 Å². The van der Waals surface area contributed by atoms with Crippen molar-refractivity contribution < 1.29 is 4.79 Å². The summed E-state index contributed by atoms with van der Waals surface area (Å²) in [5, 5.41) is 12.1. The van der Waals surface area contributed by atoms with E-state index in [4.69, 9.17) is 5.26 Å². The van der Waals surface area contributed by atoms with Gasteiger partial charge in [-0.2, -0.15) is 5.26 Å². The molecule has 2 heterocycles. The third-order valence-electron chi connectivity index (χ3n) is 3.87. The summed E-state index contributed by atoms with van der Waals surface area (Å²) >= 11 is 0.